The summed E-state index contributed by atoms with van der Waals surface area (Å²) in [5, 5.41) is 2.94. The van der Waals surface area contributed by atoms with Gasteiger partial charge in [0.05, 0.1) is 6.61 Å². The van der Waals surface area contributed by atoms with Crippen LogP contribution in [0.3, 0.4) is 0 Å². The molecule has 1 saturated carbocycles. The van der Waals surface area contributed by atoms with E-state index in [-0.39, 0.29) is 17.3 Å². The molecule has 0 radical (unpaired) electrons. The molecule has 1 N–H and O–H groups in total. The summed E-state index contributed by atoms with van der Waals surface area (Å²) >= 11 is 3.32. The fourth-order valence-corrected chi connectivity index (χ4v) is 4.55. The standard InChI is InChI=1S/C20H23BrN2O4S/c1-3-27-18-11-8-16(21)12-19(18)28(25,26)23(2)13-14-4-6-15(7-5-14)20(24)22-17-9-10-17/h4-8,11-12,17H,3,9-10,13H2,1-2H3,(H,22,24). The van der Waals surface area contributed by atoms with E-state index in [2.05, 4.69) is 21.2 Å². The topological polar surface area (TPSA) is 75.7 Å². The molecular weight excluding hydrogens is 444 g/mol. The van der Waals surface area contributed by atoms with Crippen LogP contribution in [0.4, 0.5) is 0 Å². The summed E-state index contributed by atoms with van der Waals surface area (Å²) in [5.74, 6) is 0.232. The molecule has 1 amide bonds. The normalized spacial score (nSPS) is 14.1. The summed E-state index contributed by atoms with van der Waals surface area (Å²) in [7, 11) is -2.22. The van der Waals surface area contributed by atoms with Crippen LogP contribution in [0.2, 0.25) is 0 Å². The van der Waals surface area contributed by atoms with Gasteiger partial charge in [-0.3, -0.25) is 4.79 Å². The number of halogens is 1. The second kappa shape index (κ2) is 8.63. The van der Waals surface area contributed by atoms with E-state index in [1.807, 2.05) is 6.92 Å². The summed E-state index contributed by atoms with van der Waals surface area (Å²) in [4.78, 5) is 12.2. The van der Waals surface area contributed by atoms with Crippen LogP contribution in [-0.4, -0.2) is 38.3 Å². The van der Waals surface area contributed by atoms with Crippen molar-refractivity contribution in [2.24, 2.45) is 0 Å². The fraction of sp³-hybridized carbons (Fsp3) is 0.350. The molecule has 0 spiro atoms. The minimum atomic E-state index is -3.75. The lowest BCUT2D eigenvalue weighted by molar-refractivity contribution is 0.0951. The molecular formula is C20H23BrN2O4S. The number of carbonyl (C=O) groups is 1. The summed E-state index contributed by atoms with van der Waals surface area (Å²) in [6, 6.07) is 12.2. The number of benzene rings is 2. The number of hydrogen-bond donors (Lipinski definition) is 1. The number of ether oxygens (including phenoxy) is 1. The van der Waals surface area contributed by atoms with Crippen LogP contribution < -0.4 is 10.1 Å². The Kier molecular flexibility index (Phi) is 6.42. The Morgan fingerprint density at radius 3 is 2.50 bits per heavy atom. The minimum Gasteiger partial charge on any atom is -0.492 e. The van der Waals surface area contributed by atoms with E-state index in [1.54, 1.807) is 42.5 Å². The van der Waals surface area contributed by atoms with Crippen molar-refractivity contribution in [3.05, 3.63) is 58.1 Å². The maximum atomic E-state index is 13.0. The van der Waals surface area contributed by atoms with Crippen molar-refractivity contribution in [2.75, 3.05) is 13.7 Å². The van der Waals surface area contributed by atoms with Crippen LogP contribution in [-0.2, 0) is 16.6 Å². The highest BCUT2D eigenvalue weighted by atomic mass is 79.9. The highest BCUT2D eigenvalue weighted by Crippen LogP contribution is 2.30. The first-order valence-electron chi connectivity index (χ1n) is 9.09. The van der Waals surface area contributed by atoms with Crippen LogP contribution in [0.1, 0.15) is 35.7 Å². The Labute approximate surface area is 174 Å². The molecule has 0 aliphatic heterocycles. The van der Waals surface area contributed by atoms with Gasteiger partial charge in [0.25, 0.3) is 5.91 Å². The molecule has 0 heterocycles. The highest BCUT2D eigenvalue weighted by molar-refractivity contribution is 9.10. The van der Waals surface area contributed by atoms with Crippen LogP contribution in [0.25, 0.3) is 0 Å². The summed E-state index contributed by atoms with van der Waals surface area (Å²) in [6.07, 6.45) is 2.07. The molecule has 150 valence electrons. The van der Waals surface area contributed by atoms with Gasteiger partial charge in [-0.1, -0.05) is 28.1 Å². The molecule has 0 aromatic heterocycles. The van der Waals surface area contributed by atoms with E-state index < -0.39 is 10.0 Å². The van der Waals surface area contributed by atoms with Gasteiger partial charge in [0.1, 0.15) is 10.6 Å². The van der Waals surface area contributed by atoms with Crippen molar-refractivity contribution < 1.29 is 17.9 Å². The highest BCUT2D eigenvalue weighted by Gasteiger charge is 2.26. The average molecular weight is 467 g/mol. The van der Waals surface area contributed by atoms with Crippen LogP contribution in [0, 0.1) is 0 Å². The molecule has 1 fully saturated rings. The SMILES string of the molecule is CCOc1ccc(Br)cc1S(=O)(=O)N(C)Cc1ccc(C(=O)NC2CC2)cc1. The van der Waals surface area contributed by atoms with E-state index in [9.17, 15) is 13.2 Å². The van der Waals surface area contributed by atoms with E-state index in [0.717, 1.165) is 18.4 Å². The van der Waals surface area contributed by atoms with Gasteiger partial charge in [-0.05, 0) is 55.7 Å². The molecule has 0 bridgehead atoms. The smallest absolute Gasteiger partial charge is 0.251 e. The number of carbonyl (C=O) groups excluding carboxylic acids is 1. The first-order chi connectivity index (χ1) is 13.3. The molecule has 0 atom stereocenters. The van der Waals surface area contributed by atoms with Gasteiger partial charge in [-0.2, -0.15) is 4.31 Å². The van der Waals surface area contributed by atoms with Gasteiger partial charge in [0, 0.05) is 29.7 Å². The summed E-state index contributed by atoms with van der Waals surface area (Å²) in [6.45, 7) is 2.37. The van der Waals surface area contributed by atoms with Gasteiger partial charge >= 0.3 is 0 Å². The molecule has 0 saturated heterocycles. The second-order valence-corrected chi connectivity index (χ2v) is 9.66. The molecule has 8 heteroatoms. The van der Waals surface area contributed by atoms with Crippen molar-refractivity contribution in [1.29, 1.82) is 0 Å². The third-order valence-electron chi connectivity index (χ3n) is 4.43. The molecule has 2 aromatic carbocycles. The molecule has 3 rings (SSSR count). The Hall–Kier alpha value is -1.90. The van der Waals surface area contributed by atoms with Crippen LogP contribution in [0.5, 0.6) is 5.75 Å². The number of rotatable bonds is 8. The zero-order chi connectivity index (χ0) is 20.3. The number of hydrogen-bond acceptors (Lipinski definition) is 4. The van der Waals surface area contributed by atoms with Crippen molar-refractivity contribution in [3.63, 3.8) is 0 Å². The molecule has 2 aromatic rings. The van der Waals surface area contributed by atoms with Gasteiger partial charge in [-0.25, -0.2) is 8.42 Å². The van der Waals surface area contributed by atoms with E-state index >= 15 is 0 Å². The molecule has 0 unspecified atom stereocenters. The lowest BCUT2D eigenvalue weighted by Crippen LogP contribution is -2.27. The van der Waals surface area contributed by atoms with Crippen molar-refractivity contribution in [1.82, 2.24) is 9.62 Å². The van der Waals surface area contributed by atoms with Crippen molar-refractivity contribution in [2.45, 2.75) is 37.2 Å². The Morgan fingerprint density at radius 2 is 1.89 bits per heavy atom. The lowest BCUT2D eigenvalue weighted by atomic mass is 10.1. The second-order valence-electron chi connectivity index (χ2n) is 6.73. The van der Waals surface area contributed by atoms with Gasteiger partial charge < -0.3 is 10.1 Å². The first-order valence-corrected chi connectivity index (χ1v) is 11.3. The monoisotopic (exact) mass is 466 g/mol. The lowest BCUT2D eigenvalue weighted by Gasteiger charge is -2.19. The van der Waals surface area contributed by atoms with Crippen LogP contribution >= 0.6 is 15.9 Å². The molecule has 28 heavy (non-hydrogen) atoms. The predicted molar refractivity (Wildman–Crippen MR) is 111 cm³/mol. The molecule has 1 aliphatic carbocycles. The Balaban J connectivity index is 1.75. The Morgan fingerprint density at radius 1 is 1.21 bits per heavy atom. The average Bonchev–Trinajstić information content (AvgIpc) is 3.47. The van der Waals surface area contributed by atoms with Gasteiger partial charge in [0.2, 0.25) is 10.0 Å². The van der Waals surface area contributed by atoms with E-state index in [1.165, 1.54) is 11.4 Å². The molecule has 6 nitrogen and oxygen atoms in total. The van der Waals surface area contributed by atoms with Gasteiger partial charge in [0.15, 0.2) is 0 Å². The summed E-state index contributed by atoms with van der Waals surface area (Å²) in [5.41, 5.74) is 1.37. The zero-order valence-corrected chi connectivity index (χ0v) is 18.2. The summed E-state index contributed by atoms with van der Waals surface area (Å²) < 4.78 is 33.5. The third kappa shape index (κ3) is 4.92. The largest absolute Gasteiger partial charge is 0.492 e. The zero-order valence-electron chi connectivity index (χ0n) is 15.8. The van der Waals surface area contributed by atoms with Crippen molar-refractivity contribution >= 4 is 31.9 Å². The maximum Gasteiger partial charge on any atom is 0.251 e. The number of nitrogens with zero attached hydrogens (tertiary/aromatic N) is 1. The number of sulfonamides is 1. The number of nitrogens with one attached hydrogen (secondary N) is 1. The van der Waals surface area contributed by atoms with Crippen LogP contribution in [0.15, 0.2) is 51.8 Å². The van der Waals surface area contributed by atoms with E-state index in [4.69, 9.17) is 4.74 Å². The Bertz CT molecular complexity index is 957. The maximum absolute atomic E-state index is 13.0. The fourth-order valence-electron chi connectivity index (χ4n) is 2.73. The third-order valence-corrected chi connectivity index (χ3v) is 6.75. The first kappa shape index (κ1) is 20.8. The van der Waals surface area contributed by atoms with Crippen molar-refractivity contribution in [3.8, 4) is 5.75 Å². The molecule has 1 aliphatic rings. The van der Waals surface area contributed by atoms with E-state index in [0.29, 0.717) is 28.4 Å². The minimum absolute atomic E-state index is 0.0921. The quantitative estimate of drug-likeness (QED) is 0.644. The number of amides is 1. The van der Waals surface area contributed by atoms with Gasteiger partial charge in [-0.15, -0.1) is 0 Å². The predicted octanol–water partition coefficient (Wildman–Crippen LogP) is 3.56.